The third kappa shape index (κ3) is 1.44. The number of anilines is 1. The maximum Gasteiger partial charge on any atom is 0.322 e. The lowest BCUT2D eigenvalue weighted by Gasteiger charge is -2.17. The Bertz CT molecular complexity index is 351. The number of nitrogens with two attached hydrogens (primary N) is 1. The van der Waals surface area contributed by atoms with Gasteiger partial charge in [0.1, 0.15) is 0 Å². The number of para-hydroxylation sites is 1. The summed E-state index contributed by atoms with van der Waals surface area (Å²) in [5.41, 5.74) is 7.53. The van der Waals surface area contributed by atoms with E-state index in [-0.39, 0.29) is 6.03 Å². The van der Waals surface area contributed by atoms with Crippen LogP contribution in [0.15, 0.2) is 24.3 Å². The minimum atomic E-state index is -0.0362. The summed E-state index contributed by atoms with van der Waals surface area (Å²) >= 11 is 0. The average molecular weight is 191 g/mol. The van der Waals surface area contributed by atoms with E-state index in [0.29, 0.717) is 13.1 Å². The van der Waals surface area contributed by atoms with Crippen molar-refractivity contribution < 1.29 is 4.79 Å². The van der Waals surface area contributed by atoms with Gasteiger partial charge in [-0.05, 0) is 11.6 Å². The molecule has 1 aromatic carbocycles. The van der Waals surface area contributed by atoms with E-state index in [1.54, 1.807) is 4.90 Å². The Labute approximate surface area is 82.7 Å². The monoisotopic (exact) mass is 191 g/mol. The second-order valence-electron chi connectivity index (χ2n) is 3.22. The van der Waals surface area contributed by atoms with Gasteiger partial charge in [0, 0.05) is 25.3 Å². The molecule has 4 nitrogen and oxygen atoms in total. The summed E-state index contributed by atoms with van der Waals surface area (Å²) in [5.74, 6) is 0. The van der Waals surface area contributed by atoms with Crippen LogP contribution >= 0.6 is 0 Å². The Balaban J connectivity index is 2.35. The average Bonchev–Trinajstić information content (AvgIpc) is 2.64. The minimum Gasteiger partial charge on any atom is -0.336 e. The zero-order valence-electron chi connectivity index (χ0n) is 7.86. The van der Waals surface area contributed by atoms with Crippen molar-refractivity contribution in [2.24, 2.45) is 5.73 Å². The maximum absolute atomic E-state index is 11.4. The van der Waals surface area contributed by atoms with Gasteiger partial charge in [0.2, 0.25) is 0 Å². The van der Waals surface area contributed by atoms with Crippen molar-refractivity contribution >= 4 is 11.7 Å². The summed E-state index contributed by atoms with van der Waals surface area (Å²) < 4.78 is 0. The lowest BCUT2D eigenvalue weighted by molar-refractivity contribution is 0.252. The molecule has 2 amide bonds. The molecule has 0 aliphatic carbocycles. The van der Waals surface area contributed by atoms with E-state index in [1.807, 2.05) is 24.3 Å². The maximum atomic E-state index is 11.4. The number of amides is 2. The number of carbonyl (C=O) groups excluding carboxylic acids is 1. The summed E-state index contributed by atoms with van der Waals surface area (Å²) in [6.07, 6.45) is 0. The van der Waals surface area contributed by atoms with Crippen LogP contribution in [0.5, 0.6) is 0 Å². The standard InChI is InChI=1S/C10H13N3O/c11-7-8-3-1-2-4-9(8)13-6-5-12-10(13)14/h1-4H,5-7,11H2,(H,12,14). The van der Waals surface area contributed by atoms with Gasteiger partial charge in [-0.3, -0.25) is 4.90 Å². The van der Waals surface area contributed by atoms with Gasteiger partial charge < -0.3 is 11.1 Å². The smallest absolute Gasteiger partial charge is 0.322 e. The third-order valence-electron chi connectivity index (χ3n) is 2.36. The molecule has 4 heteroatoms. The molecule has 0 radical (unpaired) electrons. The lowest BCUT2D eigenvalue weighted by atomic mass is 10.1. The second-order valence-corrected chi connectivity index (χ2v) is 3.22. The molecule has 1 aromatic rings. The molecule has 74 valence electrons. The first-order chi connectivity index (χ1) is 6.83. The van der Waals surface area contributed by atoms with E-state index in [1.165, 1.54) is 0 Å². The summed E-state index contributed by atoms with van der Waals surface area (Å²) in [4.78, 5) is 13.1. The van der Waals surface area contributed by atoms with Crippen LogP contribution in [0.4, 0.5) is 10.5 Å². The Hall–Kier alpha value is -1.55. The molecule has 0 unspecified atom stereocenters. The molecule has 0 saturated carbocycles. The number of carbonyl (C=O) groups is 1. The Morgan fingerprint density at radius 2 is 2.21 bits per heavy atom. The zero-order valence-corrected chi connectivity index (χ0v) is 7.86. The van der Waals surface area contributed by atoms with Crippen molar-refractivity contribution in [2.45, 2.75) is 6.54 Å². The topological polar surface area (TPSA) is 58.4 Å². The Kier molecular flexibility index (Phi) is 2.37. The van der Waals surface area contributed by atoms with Gasteiger partial charge in [-0.2, -0.15) is 0 Å². The third-order valence-corrected chi connectivity index (χ3v) is 2.36. The van der Waals surface area contributed by atoms with Gasteiger partial charge in [-0.15, -0.1) is 0 Å². The summed E-state index contributed by atoms with van der Waals surface area (Å²) in [5, 5.41) is 2.77. The van der Waals surface area contributed by atoms with Crippen LogP contribution in [0.2, 0.25) is 0 Å². The first-order valence-corrected chi connectivity index (χ1v) is 4.66. The normalized spacial score (nSPS) is 15.8. The van der Waals surface area contributed by atoms with Crippen LogP contribution in [0.1, 0.15) is 5.56 Å². The van der Waals surface area contributed by atoms with E-state index < -0.39 is 0 Å². The van der Waals surface area contributed by atoms with Gasteiger partial charge in [0.25, 0.3) is 0 Å². The van der Waals surface area contributed by atoms with Gasteiger partial charge >= 0.3 is 6.03 Å². The SMILES string of the molecule is NCc1ccccc1N1CCNC1=O. The molecule has 0 atom stereocenters. The van der Waals surface area contributed by atoms with E-state index >= 15 is 0 Å². The van der Waals surface area contributed by atoms with Crippen LogP contribution in [0.25, 0.3) is 0 Å². The molecule has 3 N–H and O–H groups in total. The molecule has 0 aromatic heterocycles. The lowest BCUT2D eigenvalue weighted by Crippen LogP contribution is -2.28. The van der Waals surface area contributed by atoms with Crippen LogP contribution in [0.3, 0.4) is 0 Å². The summed E-state index contributed by atoms with van der Waals surface area (Å²) in [6, 6.07) is 7.68. The number of urea groups is 1. The van der Waals surface area contributed by atoms with Gasteiger partial charge in [0.05, 0.1) is 0 Å². The molecule has 1 heterocycles. The molecular weight excluding hydrogens is 178 g/mol. The molecule has 14 heavy (non-hydrogen) atoms. The zero-order chi connectivity index (χ0) is 9.97. The van der Waals surface area contributed by atoms with Crippen molar-refractivity contribution in [3.05, 3.63) is 29.8 Å². The first-order valence-electron chi connectivity index (χ1n) is 4.66. The second kappa shape index (κ2) is 3.67. The highest BCUT2D eigenvalue weighted by Gasteiger charge is 2.22. The summed E-state index contributed by atoms with van der Waals surface area (Å²) in [6.45, 7) is 1.88. The number of hydrogen-bond donors (Lipinski definition) is 2. The van der Waals surface area contributed by atoms with Crippen molar-refractivity contribution in [1.82, 2.24) is 5.32 Å². The highest BCUT2D eigenvalue weighted by molar-refractivity contribution is 5.94. The summed E-state index contributed by atoms with van der Waals surface area (Å²) in [7, 11) is 0. The molecular formula is C10H13N3O. The van der Waals surface area contributed by atoms with E-state index in [4.69, 9.17) is 5.73 Å². The Morgan fingerprint density at radius 1 is 1.43 bits per heavy atom. The van der Waals surface area contributed by atoms with E-state index in [0.717, 1.165) is 17.8 Å². The van der Waals surface area contributed by atoms with Crippen LogP contribution in [0, 0.1) is 0 Å². The van der Waals surface area contributed by atoms with Crippen LogP contribution in [-0.2, 0) is 6.54 Å². The molecule has 2 rings (SSSR count). The number of nitrogens with zero attached hydrogens (tertiary/aromatic N) is 1. The fourth-order valence-corrected chi connectivity index (χ4v) is 1.65. The number of benzene rings is 1. The van der Waals surface area contributed by atoms with E-state index in [2.05, 4.69) is 5.32 Å². The molecule has 0 bridgehead atoms. The molecule has 1 fully saturated rings. The van der Waals surface area contributed by atoms with Crippen molar-refractivity contribution in [3.8, 4) is 0 Å². The minimum absolute atomic E-state index is 0.0362. The fourth-order valence-electron chi connectivity index (χ4n) is 1.65. The molecule has 1 saturated heterocycles. The van der Waals surface area contributed by atoms with E-state index in [9.17, 15) is 4.79 Å². The van der Waals surface area contributed by atoms with Crippen LogP contribution < -0.4 is 16.0 Å². The quantitative estimate of drug-likeness (QED) is 0.722. The van der Waals surface area contributed by atoms with Crippen molar-refractivity contribution in [1.29, 1.82) is 0 Å². The van der Waals surface area contributed by atoms with Crippen molar-refractivity contribution in [2.75, 3.05) is 18.0 Å². The van der Waals surface area contributed by atoms with Gasteiger partial charge in [-0.25, -0.2) is 4.79 Å². The molecule has 1 aliphatic heterocycles. The highest BCUT2D eigenvalue weighted by atomic mass is 16.2. The number of rotatable bonds is 2. The van der Waals surface area contributed by atoms with Gasteiger partial charge in [-0.1, -0.05) is 18.2 Å². The number of nitrogens with one attached hydrogen (secondary N) is 1. The van der Waals surface area contributed by atoms with Gasteiger partial charge in [0.15, 0.2) is 0 Å². The molecule has 0 spiro atoms. The molecule has 1 aliphatic rings. The highest BCUT2D eigenvalue weighted by Crippen LogP contribution is 2.21. The first kappa shape index (κ1) is 9.02. The van der Waals surface area contributed by atoms with Crippen LogP contribution in [-0.4, -0.2) is 19.1 Å². The Morgan fingerprint density at radius 3 is 2.86 bits per heavy atom. The fraction of sp³-hybridized carbons (Fsp3) is 0.300. The number of hydrogen-bond acceptors (Lipinski definition) is 2. The predicted molar refractivity (Wildman–Crippen MR) is 55.1 cm³/mol. The van der Waals surface area contributed by atoms with Crippen molar-refractivity contribution in [3.63, 3.8) is 0 Å². The largest absolute Gasteiger partial charge is 0.336 e. The predicted octanol–water partition coefficient (Wildman–Crippen LogP) is 0.675.